The molecule has 1 aromatic heterocycles. The van der Waals surface area contributed by atoms with Gasteiger partial charge in [-0.05, 0) is 29.8 Å². The summed E-state index contributed by atoms with van der Waals surface area (Å²) in [7, 11) is 0. The summed E-state index contributed by atoms with van der Waals surface area (Å²) in [6.07, 6.45) is 1.55. The van der Waals surface area contributed by atoms with Crippen molar-refractivity contribution in [3.8, 4) is 6.07 Å². The summed E-state index contributed by atoms with van der Waals surface area (Å²) >= 11 is 5.69. The third-order valence-electron chi connectivity index (χ3n) is 2.36. The Morgan fingerprint density at radius 1 is 1.33 bits per heavy atom. The fourth-order valence-corrected chi connectivity index (χ4v) is 1.66. The summed E-state index contributed by atoms with van der Waals surface area (Å²) < 4.78 is 13.0. The minimum atomic E-state index is -0.434. The highest BCUT2D eigenvalue weighted by Gasteiger charge is 2.01. The largest absolute Gasteiger partial charge is 0.381 e. The molecule has 5 heteroatoms. The monoisotopic (exact) mass is 261 g/mol. The van der Waals surface area contributed by atoms with Crippen LogP contribution >= 0.6 is 11.6 Å². The Hall–Kier alpha value is -2.12. The molecule has 0 amide bonds. The van der Waals surface area contributed by atoms with Crippen molar-refractivity contribution in [2.45, 2.75) is 6.54 Å². The lowest BCUT2D eigenvalue weighted by atomic mass is 10.2. The van der Waals surface area contributed by atoms with Gasteiger partial charge in [-0.2, -0.15) is 5.26 Å². The van der Waals surface area contributed by atoms with Crippen LogP contribution in [0.25, 0.3) is 0 Å². The number of aromatic nitrogens is 1. The first-order chi connectivity index (χ1) is 8.69. The minimum Gasteiger partial charge on any atom is -0.381 e. The van der Waals surface area contributed by atoms with Gasteiger partial charge in [0.25, 0.3) is 0 Å². The third-order valence-corrected chi connectivity index (χ3v) is 2.64. The Morgan fingerprint density at radius 2 is 2.17 bits per heavy atom. The molecule has 0 saturated carbocycles. The fraction of sp³-hybridized carbons (Fsp3) is 0.0769. The van der Waals surface area contributed by atoms with Crippen molar-refractivity contribution in [1.29, 1.82) is 5.26 Å². The van der Waals surface area contributed by atoms with E-state index >= 15 is 0 Å². The Bertz CT molecular complexity index is 607. The van der Waals surface area contributed by atoms with E-state index in [-0.39, 0.29) is 5.02 Å². The van der Waals surface area contributed by atoms with Gasteiger partial charge in [0.2, 0.25) is 0 Å². The van der Waals surface area contributed by atoms with Crippen LogP contribution < -0.4 is 5.32 Å². The zero-order valence-corrected chi connectivity index (χ0v) is 10.1. The number of hydrogen-bond acceptors (Lipinski definition) is 3. The number of halogens is 2. The Kier molecular flexibility index (Phi) is 3.75. The van der Waals surface area contributed by atoms with Crippen molar-refractivity contribution in [2.75, 3.05) is 5.32 Å². The van der Waals surface area contributed by atoms with E-state index in [0.29, 0.717) is 12.2 Å². The second kappa shape index (κ2) is 5.48. The number of nitrogens with one attached hydrogen (secondary N) is 1. The number of pyridine rings is 1. The molecule has 0 radical (unpaired) electrons. The number of rotatable bonds is 3. The molecule has 2 aromatic rings. The molecule has 1 aromatic carbocycles. The molecule has 3 nitrogen and oxygen atoms in total. The van der Waals surface area contributed by atoms with E-state index in [2.05, 4.69) is 10.3 Å². The first-order valence-corrected chi connectivity index (χ1v) is 5.61. The van der Waals surface area contributed by atoms with Crippen LogP contribution in [-0.2, 0) is 6.54 Å². The molecule has 90 valence electrons. The molecule has 1 heterocycles. The summed E-state index contributed by atoms with van der Waals surface area (Å²) in [6, 6.07) is 9.91. The quantitative estimate of drug-likeness (QED) is 0.922. The van der Waals surface area contributed by atoms with Gasteiger partial charge in [0.1, 0.15) is 17.6 Å². The number of hydrogen-bond donors (Lipinski definition) is 1. The van der Waals surface area contributed by atoms with Crippen LogP contribution in [0.5, 0.6) is 0 Å². The van der Waals surface area contributed by atoms with Crippen LogP contribution in [0.1, 0.15) is 11.3 Å². The lowest BCUT2D eigenvalue weighted by molar-refractivity contribution is 0.627. The second-order valence-corrected chi connectivity index (χ2v) is 4.05. The van der Waals surface area contributed by atoms with E-state index in [9.17, 15) is 4.39 Å². The molecule has 0 fully saturated rings. The predicted octanol–water partition coefficient (Wildman–Crippen LogP) is 3.36. The molecular weight excluding hydrogens is 253 g/mol. The van der Waals surface area contributed by atoms with Crippen LogP contribution in [-0.4, -0.2) is 4.98 Å². The molecule has 0 bridgehead atoms. The highest BCUT2D eigenvalue weighted by Crippen LogP contribution is 2.17. The molecule has 2 rings (SSSR count). The summed E-state index contributed by atoms with van der Waals surface area (Å²) in [5, 5.41) is 11.9. The molecular formula is C13H9ClFN3. The molecule has 1 N–H and O–H groups in total. The summed E-state index contributed by atoms with van der Waals surface area (Å²) in [6.45, 7) is 0.495. The van der Waals surface area contributed by atoms with E-state index in [1.54, 1.807) is 30.5 Å². The summed E-state index contributed by atoms with van der Waals surface area (Å²) in [5.41, 5.74) is 1.98. The van der Waals surface area contributed by atoms with Crippen molar-refractivity contribution in [1.82, 2.24) is 4.98 Å². The molecule has 0 spiro atoms. The fourth-order valence-electron chi connectivity index (χ4n) is 1.46. The first-order valence-electron chi connectivity index (χ1n) is 5.23. The smallest absolute Gasteiger partial charge is 0.142 e. The maximum atomic E-state index is 13.0. The van der Waals surface area contributed by atoms with Crippen molar-refractivity contribution in [3.05, 3.63) is 58.6 Å². The molecule has 0 aliphatic heterocycles. The Balaban J connectivity index is 2.07. The first kappa shape index (κ1) is 12.3. The standard InChI is InChI=1S/C13H9ClFN3/c14-12-5-9(1-2-13(12)15)8-18-10-3-4-17-11(6-10)7-16/h1-6H,8H2,(H,17,18). The molecule has 18 heavy (non-hydrogen) atoms. The van der Waals surface area contributed by atoms with Crippen LogP contribution in [0.3, 0.4) is 0 Å². The highest BCUT2D eigenvalue weighted by molar-refractivity contribution is 6.30. The zero-order chi connectivity index (χ0) is 13.0. The average molecular weight is 262 g/mol. The molecule has 0 saturated heterocycles. The van der Waals surface area contributed by atoms with E-state index in [0.717, 1.165) is 11.3 Å². The van der Waals surface area contributed by atoms with Crippen LogP contribution in [0.15, 0.2) is 36.5 Å². The lowest BCUT2D eigenvalue weighted by Crippen LogP contribution is -2.00. The van der Waals surface area contributed by atoms with Crippen LogP contribution in [0, 0.1) is 17.1 Å². The van der Waals surface area contributed by atoms with Gasteiger partial charge in [0.05, 0.1) is 5.02 Å². The number of nitrogens with zero attached hydrogens (tertiary/aromatic N) is 2. The van der Waals surface area contributed by atoms with Gasteiger partial charge in [-0.3, -0.25) is 0 Å². The maximum absolute atomic E-state index is 13.0. The van der Waals surface area contributed by atoms with Crippen LogP contribution in [0.4, 0.5) is 10.1 Å². The molecule has 0 aliphatic rings. The predicted molar refractivity (Wildman–Crippen MR) is 67.7 cm³/mol. The van der Waals surface area contributed by atoms with Gasteiger partial charge in [-0.1, -0.05) is 17.7 Å². The van der Waals surface area contributed by atoms with Crippen LogP contribution in [0.2, 0.25) is 5.02 Å². The van der Waals surface area contributed by atoms with E-state index in [1.807, 2.05) is 6.07 Å². The lowest BCUT2D eigenvalue weighted by Gasteiger charge is -2.07. The SMILES string of the molecule is N#Cc1cc(NCc2ccc(F)c(Cl)c2)ccn1. The topological polar surface area (TPSA) is 48.7 Å². The highest BCUT2D eigenvalue weighted by atomic mass is 35.5. The Morgan fingerprint density at radius 3 is 2.89 bits per heavy atom. The van der Waals surface area contributed by atoms with Crippen molar-refractivity contribution >= 4 is 17.3 Å². The van der Waals surface area contributed by atoms with Crippen molar-refractivity contribution < 1.29 is 4.39 Å². The number of anilines is 1. The summed E-state index contributed by atoms with van der Waals surface area (Å²) in [4.78, 5) is 3.87. The third kappa shape index (κ3) is 2.96. The Labute approximate surface area is 109 Å². The number of nitriles is 1. The van der Waals surface area contributed by atoms with Gasteiger partial charge in [0.15, 0.2) is 0 Å². The van der Waals surface area contributed by atoms with E-state index in [4.69, 9.17) is 16.9 Å². The second-order valence-electron chi connectivity index (χ2n) is 3.64. The van der Waals surface area contributed by atoms with Gasteiger partial charge in [-0.15, -0.1) is 0 Å². The van der Waals surface area contributed by atoms with Gasteiger partial charge in [0, 0.05) is 18.4 Å². The number of benzene rings is 1. The molecule has 0 unspecified atom stereocenters. The average Bonchev–Trinajstić information content (AvgIpc) is 2.40. The summed E-state index contributed by atoms with van der Waals surface area (Å²) in [5.74, 6) is -0.434. The molecule has 0 atom stereocenters. The van der Waals surface area contributed by atoms with Gasteiger partial charge < -0.3 is 5.32 Å². The zero-order valence-electron chi connectivity index (χ0n) is 9.32. The van der Waals surface area contributed by atoms with E-state index < -0.39 is 5.82 Å². The van der Waals surface area contributed by atoms with Crippen molar-refractivity contribution in [3.63, 3.8) is 0 Å². The van der Waals surface area contributed by atoms with E-state index in [1.165, 1.54) is 6.07 Å². The molecule has 0 aliphatic carbocycles. The minimum absolute atomic E-state index is 0.0988. The maximum Gasteiger partial charge on any atom is 0.142 e. The van der Waals surface area contributed by atoms with Gasteiger partial charge >= 0.3 is 0 Å². The van der Waals surface area contributed by atoms with Gasteiger partial charge in [-0.25, -0.2) is 9.37 Å². The van der Waals surface area contributed by atoms with Crippen molar-refractivity contribution in [2.24, 2.45) is 0 Å². The normalized spacial score (nSPS) is 9.83.